The van der Waals surface area contributed by atoms with Gasteiger partial charge < -0.3 is 5.32 Å². The maximum Gasteiger partial charge on any atom is 0.257 e. The Morgan fingerprint density at radius 3 is 2.62 bits per heavy atom. The zero-order chi connectivity index (χ0) is 15.6. The van der Waals surface area contributed by atoms with E-state index in [1.54, 1.807) is 19.9 Å². The fraction of sp³-hybridized carbons (Fsp3) is 0.385. The fourth-order valence-corrected chi connectivity index (χ4v) is 3.72. The summed E-state index contributed by atoms with van der Waals surface area (Å²) >= 11 is 1.47. The number of hydrogen-bond donors (Lipinski definition) is 2. The van der Waals surface area contributed by atoms with Crippen molar-refractivity contribution in [1.82, 2.24) is 10.0 Å². The molecule has 1 aromatic rings. The largest absolute Gasteiger partial charge is 0.301 e. The van der Waals surface area contributed by atoms with Crippen LogP contribution in [0.15, 0.2) is 22.0 Å². The second-order valence-corrected chi connectivity index (χ2v) is 7.55. The summed E-state index contributed by atoms with van der Waals surface area (Å²) in [6.45, 7) is 4.19. The van der Waals surface area contributed by atoms with Crippen LogP contribution in [0.5, 0.6) is 0 Å². The third-order valence-electron chi connectivity index (χ3n) is 3.25. The molecule has 8 heteroatoms. The highest BCUT2D eigenvalue weighted by atomic mass is 32.2. The van der Waals surface area contributed by atoms with Crippen molar-refractivity contribution in [2.75, 3.05) is 19.3 Å². The number of aliphatic imine (C=N–C) groups is 1. The maximum atomic E-state index is 12.2. The van der Waals surface area contributed by atoms with E-state index < -0.39 is 10.0 Å². The maximum absolute atomic E-state index is 12.2. The van der Waals surface area contributed by atoms with Crippen molar-refractivity contribution >= 4 is 32.9 Å². The lowest BCUT2D eigenvalue weighted by molar-refractivity contribution is 0.0977. The fourth-order valence-electron chi connectivity index (χ4n) is 1.93. The van der Waals surface area contributed by atoms with Gasteiger partial charge in [-0.25, -0.2) is 13.1 Å². The summed E-state index contributed by atoms with van der Waals surface area (Å²) in [7, 11) is -2.25. The van der Waals surface area contributed by atoms with Gasteiger partial charge in [-0.3, -0.25) is 9.79 Å². The van der Waals surface area contributed by atoms with Gasteiger partial charge >= 0.3 is 0 Å². The smallest absolute Gasteiger partial charge is 0.257 e. The first kappa shape index (κ1) is 16.0. The van der Waals surface area contributed by atoms with Crippen LogP contribution in [0.4, 0.5) is 0 Å². The van der Waals surface area contributed by atoms with Gasteiger partial charge in [0.2, 0.25) is 10.0 Å². The molecule has 2 N–H and O–H groups in total. The predicted molar refractivity (Wildman–Crippen MR) is 84.4 cm³/mol. The molecule has 114 valence electrons. The topological polar surface area (TPSA) is 87.6 Å². The van der Waals surface area contributed by atoms with Gasteiger partial charge in [-0.05, 0) is 44.2 Å². The Balaban J connectivity index is 2.39. The number of nitrogens with one attached hydrogen (secondary N) is 2. The molecule has 21 heavy (non-hydrogen) atoms. The number of thioether (sulfide) groups is 1. The normalized spacial score (nSPS) is 14.9. The summed E-state index contributed by atoms with van der Waals surface area (Å²) in [5, 5.41) is 3.28. The Morgan fingerprint density at radius 1 is 1.33 bits per heavy atom. The van der Waals surface area contributed by atoms with Gasteiger partial charge in [0.25, 0.3) is 5.91 Å². The molecule has 0 fully saturated rings. The average Bonchev–Trinajstić information content (AvgIpc) is 2.94. The Kier molecular flexibility index (Phi) is 4.70. The summed E-state index contributed by atoms with van der Waals surface area (Å²) in [6.07, 6.45) is 0. The third-order valence-corrected chi connectivity index (χ3v) is 5.68. The number of amidine groups is 1. The number of amides is 1. The molecule has 1 amide bonds. The first-order chi connectivity index (χ1) is 9.85. The van der Waals surface area contributed by atoms with Crippen LogP contribution in [0.25, 0.3) is 0 Å². The molecule has 0 atom stereocenters. The van der Waals surface area contributed by atoms with Crippen molar-refractivity contribution < 1.29 is 13.2 Å². The molecule has 1 aliphatic rings. The minimum atomic E-state index is -3.60. The number of rotatable bonds is 3. The van der Waals surface area contributed by atoms with Gasteiger partial charge in [-0.15, -0.1) is 0 Å². The van der Waals surface area contributed by atoms with E-state index in [1.807, 2.05) is 0 Å². The molecule has 0 aliphatic carbocycles. The first-order valence-corrected chi connectivity index (χ1v) is 8.85. The summed E-state index contributed by atoms with van der Waals surface area (Å²) in [5.41, 5.74) is 1.69. The van der Waals surface area contributed by atoms with Crippen molar-refractivity contribution in [2.24, 2.45) is 4.99 Å². The number of sulfonamides is 1. The van der Waals surface area contributed by atoms with Gasteiger partial charge in [0.05, 0.1) is 11.4 Å². The average molecular weight is 327 g/mol. The molecule has 0 saturated carbocycles. The van der Waals surface area contributed by atoms with Crippen LogP contribution in [0.2, 0.25) is 0 Å². The number of carbonyl (C=O) groups is 1. The van der Waals surface area contributed by atoms with Crippen LogP contribution in [0.1, 0.15) is 21.5 Å². The molecule has 1 heterocycles. The second-order valence-electron chi connectivity index (χ2n) is 4.61. The molecule has 0 radical (unpaired) electrons. The Bertz CT molecular complexity index is 712. The van der Waals surface area contributed by atoms with Gasteiger partial charge in [0.1, 0.15) is 0 Å². The van der Waals surface area contributed by atoms with Crippen molar-refractivity contribution in [3.63, 3.8) is 0 Å². The Morgan fingerprint density at radius 2 is 2.05 bits per heavy atom. The predicted octanol–water partition coefficient (Wildman–Crippen LogP) is 1.04. The van der Waals surface area contributed by atoms with E-state index in [0.717, 1.165) is 11.3 Å². The van der Waals surface area contributed by atoms with Crippen molar-refractivity contribution in [2.45, 2.75) is 18.7 Å². The number of benzene rings is 1. The van der Waals surface area contributed by atoms with Gasteiger partial charge in [0.15, 0.2) is 5.17 Å². The van der Waals surface area contributed by atoms with Gasteiger partial charge in [0, 0.05) is 11.3 Å². The molecule has 1 aliphatic heterocycles. The minimum Gasteiger partial charge on any atom is -0.301 e. The van der Waals surface area contributed by atoms with Crippen LogP contribution < -0.4 is 10.0 Å². The Labute approximate surface area is 128 Å². The molecule has 1 aromatic carbocycles. The quantitative estimate of drug-likeness (QED) is 0.868. The monoisotopic (exact) mass is 327 g/mol. The van der Waals surface area contributed by atoms with E-state index in [1.165, 1.54) is 24.9 Å². The molecule has 0 saturated heterocycles. The second kappa shape index (κ2) is 6.17. The molecule has 0 spiro atoms. The minimum absolute atomic E-state index is 0.121. The number of nitrogens with zero attached hydrogens (tertiary/aromatic N) is 1. The van der Waals surface area contributed by atoms with Crippen LogP contribution in [-0.2, 0) is 10.0 Å². The third kappa shape index (κ3) is 3.45. The summed E-state index contributed by atoms with van der Waals surface area (Å²) in [5.74, 6) is 0.501. The molecule has 0 aromatic heterocycles. The number of carbonyl (C=O) groups excluding carboxylic acids is 1. The van der Waals surface area contributed by atoms with Crippen LogP contribution in [-0.4, -0.2) is 38.8 Å². The van der Waals surface area contributed by atoms with Crippen molar-refractivity contribution in [3.05, 3.63) is 28.8 Å². The zero-order valence-electron chi connectivity index (χ0n) is 12.1. The first-order valence-electron chi connectivity index (χ1n) is 6.38. The SMILES string of the molecule is CNS(=O)(=O)c1cc(C(=O)NC2=NCCS2)cc(C)c1C. The summed E-state index contributed by atoms with van der Waals surface area (Å²) < 4.78 is 26.3. The van der Waals surface area contributed by atoms with E-state index in [2.05, 4.69) is 15.0 Å². The van der Waals surface area contributed by atoms with E-state index in [-0.39, 0.29) is 10.8 Å². The van der Waals surface area contributed by atoms with Crippen molar-refractivity contribution in [1.29, 1.82) is 0 Å². The molecule has 0 unspecified atom stereocenters. The van der Waals surface area contributed by atoms with E-state index in [0.29, 0.717) is 22.8 Å². The van der Waals surface area contributed by atoms with Crippen LogP contribution >= 0.6 is 11.8 Å². The zero-order valence-corrected chi connectivity index (χ0v) is 13.7. The highest BCUT2D eigenvalue weighted by molar-refractivity contribution is 8.14. The summed E-state index contributed by atoms with van der Waals surface area (Å²) in [6, 6.07) is 3.07. The lowest BCUT2D eigenvalue weighted by Crippen LogP contribution is -2.28. The standard InChI is InChI=1S/C13H17N3O3S2/c1-8-6-10(12(17)16-13-15-4-5-20-13)7-11(9(8)2)21(18,19)14-3/h6-7,14H,4-5H2,1-3H3,(H,15,16,17). The molecular weight excluding hydrogens is 310 g/mol. The highest BCUT2D eigenvalue weighted by Crippen LogP contribution is 2.21. The lowest BCUT2D eigenvalue weighted by atomic mass is 10.1. The van der Waals surface area contributed by atoms with Crippen LogP contribution in [0.3, 0.4) is 0 Å². The Hall–Kier alpha value is -1.38. The highest BCUT2D eigenvalue weighted by Gasteiger charge is 2.20. The molecular formula is C13H17N3O3S2. The van der Waals surface area contributed by atoms with Crippen LogP contribution in [0, 0.1) is 13.8 Å². The van der Waals surface area contributed by atoms with Gasteiger partial charge in [-0.2, -0.15) is 0 Å². The molecule has 6 nitrogen and oxygen atoms in total. The van der Waals surface area contributed by atoms with Gasteiger partial charge in [-0.1, -0.05) is 11.8 Å². The lowest BCUT2D eigenvalue weighted by Gasteiger charge is -2.12. The number of hydrogen-bond acceptors (Lipinski definition) is 5. The summed E-state index contributed by atoms with van der Waals surface area (Å²) in [4.78, 5) is 16.5. The molecule has 0 bridgehead atoms. The number of aryl methyl sites for hydroxylation is 1. The molecule has 2 rings (SSSR count). The van der Waals surface area contributed by atoms with E-state index in [9.17, 15) is 13.2 Å². The van der Waals surface area contributed by atoms with Crippen molar-refractivity contribution in [3.8, 4) is 0 Å². The van der Waals surface area contributed by atoms with E-state index >= 15 is 0 Å². The van der Waals surface area contributed by atoms with E-state index in [4.69, 9.17) is 0 Å².